The van der Waals surface area contributed by atoms with Crippen LogP contribution in [0.15, 0.2) is 54.6 Å². The van der Waals surface area contributed by atoms with E-state index >= 15 is 0 Å². The number of nitrogens with zero attached hydrogens (tertiary/aromatic N) is 2. The molecule has 0 unspecified atom stereocenters. The van der Waals surface area contributed by atoms with Crippen molar-refractivity contribution in [2.45, 2.75) is 24.3 Å². The lowest BCUT2D eigenvalue weighted by Gasteiger charge is -2.34. The Morgan fingerprint density at radius 2 is 1.70 bits per heavy atom. The van der Waals surface area contributed by atoms with Crippen molar-refractivity contribution in [3.8, 4) is 5.75 Å². The number of ether oxygens (including phenoxy) is 1. The van der Waals surface area contributed by atoms with E-state index in [-0.39, 0.29) is 16.2 Å². The largest absolute Gasteiger partial charge is 0.497 e. The molecule has 1 heterocycles. The first-order valence-corrected chi connectivity index (χ1v) is 9.68. The predicted octanol–water partition coefficient (Wildman–Crippen LogP) is 4.41. The molecule has 142 valence electrons. The summed E-state index contributed by atoms with van der Waals surface area (Å²) in [5.74, 6) is 0.746. The highest BCUT2D eigenvalue weighted by molar-refractivity contribution is 8.08. The van der Waals surface area contributed by atoms with Gasteiger partial charge < -0.3 is 4.74 Å². The Labute approximate surface area is 164 Å². The van der Waals surface area contributed by atoms with Gasteiger partial charge in [0.2, 0.25) is 6.04 Å². The standard InChI is InChI=1S/C21H24N2O3S/c1-14-5-7-15(8-6-14)19-13-18(22(2)3)20(23(24)25)21(27-19)16-9-11-17(26-4)12-10-16/h5-13,18,20-21H,1-4H3/t18-,20+,21-/m1/s1. The minimum atomic E-state index is -0.729. The SMILES string of the molecule is COc1ccc([C@H]2SC(c3ccc(C)cc3)=C[C@@H](N(C)C)[C@@H]2[N+](=O)[O-])cc1. The molecule has 6 heteroatoms. The summed E-state index contributed by atoms with van der Waals surface area (Å²) in [5.41, 5.74) is 3.23. The smallest absolute Gasteiger partial charge is 0.247 e. The van der Waals surface area contributed by atoms with Crippen LogP contribution in [0.1, 0.15) is 21.9 Å². The van der Waals surface area contributed by atoms with Crippen molar-refractivity contribution in [1.29, 1.82) is 0 Å². The lowest BCUT2D eigenvalue weighted by molar-refractivity contribution is -0.528. The lowest BCUT2D eigenvalue weighted by atomic mass is 9.96. The van der Waals surface area contributed by atoms with Gasteiger partial charge in [0.15, 0.2) is 0 Å². The van der Waals surface area contributed by atoms with Crippen LogP contribution >= 0.6 is 11.8 Å². The summed E-state index contributed by atoms with van der Waals surface area (Å²) in [7, 11) is 5.40. The fourth-order valence-corrected chi connectivity index (χ4v) is 4.77. The molecule has 0 saturated carbocycles. The van der Waals surface area contributed by atoms with E-state index in [2.05, 4.69) is 31.2 Å². The molecule has 0 fully saturated rings. The summed E-state index contributed by atoms with van der Waals surface area (Å²) in [4.78, 5) is 14.8. The van der Waals surface area contributed by atoms with Crippen LogP contribution in [0, 0.1) is 17.0 Å². The molecule has 0 spiro atoms. The number of hydrogen-bond donors (Lipinski definition) is 0. The summed E-state index contributed by atoms with van der Waals surface area (Å²) in [6, 6.07) is 14.9. The van der Waals surface area contributed by atoms with E-state index in [4.69, 9.17) is 4.74 Å². The van der Waals surface area contributed by atoms with Gasteiger partial charge in [0.25, 0.3) is 0 Å². The Bertz CT molecular complexity index is 832. The van der Waals surface area contributed by atoms with Gasteiger partial charge in [-0.15, -0.1) is 11.8 Å². The first kappa shape index (κ1) is 19.5. The molecule has 0 aliphatic carbocycles. The summed E-state index contributed by atoms with van der Waals surface area (Å²) in [6.07, 6.45) is 2.03. The summed E-state index contributed by atoms with van der Waals surface area (Å²) in [5, 5.41) is 11.7. The maximum absolute atomic E-state index is 12.0. The molecule has 1 aliphatic heterocycles. The highest BCUT2D eigenvalue weighted by Gasteiger charge is 2.44. The van der Waals surface area contributed by atoms with E-state index < -0.39 is 6.04 Å². The van der Waals surface area contributed by atoms with Crippen LogP contribution in [0.5, 0.6) is 5.75 Å². The Balaban J connectivity index is 2.05. The number of thioether (sulfide) groups is 1. The molecule has 0 saturated heterocycles. The second-order valence-corrected chi connectivity index (χ2v) is 8.12. The summed E-state index contributed by atoms with van der Waals surface area (Å²) >= 11 is 1.57. The van der Waals surface area contributed by atoms with Gasteiger partial charge in [-0.3, -0.25) is 15.0 Å². The van der Waals surface area contributed by atoms with Gasteiger partial charge in [-0.2, -0.15) is 0 Å². The minimum absolute atomic E-state index is 0.144. The lowest BCUT2D eigenvalue weighted by Crippen LogP contribution is -2.46. The average Bonchev–Trinajstić information content (AvgIpc) is 2.67. The van der Waals surface area contributed by atoms with Crippen molar-refractivity contribution in [3.05, 3.63) is 81.4 Å². The molecule has 5 nitrogen and oxygen atoms in total. The van der Waals surface area contributed by atoms with Crippen LogP contribution in [-0.4, -0.2) is 43.1 Å². The van der Waals surface area contributed by atoms with Gasteiger partial charge in [0.1, 0.15) is 11.0 Å². The van der Waals surface area contributed by atoms with E-state index in [1.54, 1.807) is 18.9 Å². The predicted molar refractivity (Wildman–Crippen MR) is 111 cm³/mol. The van der Waals surface area contributed by atoms with Crippen molar-refractivity contribution in [3.63, 3.8) is 0 Å². The molecule has 3 rings (SSSR count). The summed E-state index contributed by atoms with van der Waals surface area (Å²) < 4.78 is 5.23. The van der Waals surface area contributed by atoms with Crippen LogP contribution in [0.25, 0.3) is 4.91 Å². The molecule has 0 amide bonds. The molecule has 1 aliphatic rings. The number of likely N-dealkylation sites (N-methyl/N-ethyl adjacent to an activating group) is 1. The highest BCUT2D eigenvalue weighted by atomic mass is 32.2. The fraction of sp³-hybridized carbons (Fsp3) is 0.333. The van der Waals surface area contributed by atoms with Gasteiger partial charge in [0.05, 0.1) is 13.2 Å². The molecule has 3 atom stereocenters. The number of rotatable bonds is 5. The van der Waals surface area contributed by atoms with Gasteiger partial charge >= 0.3 is 0 Å². The highest BCUT2D eigenvalue weighted by Crippen LogP contribution is 2.48. The van der Waals surface area contributed by atoms with Gasteiger partial charge in [0, 0.05) is 9.83 Å². The van der Waals surface area contributed by atoms with Crippen molar-refractivity contribution in [1.82, 2.24) is 4.90 Å². The topological polar surface area (TPSA) is 55.6 Å². The minimum Gasteiger partial charge on any atom is -0.497 e. The maximum atomic E-state index is 12.0. The molecule has 0 aromatic heterocycles. The van der Waals surface area contributed by atoms with Crippen LogP contribution in [0.2, 0.25) is 0 Å². The number of benzene rings is 2. The summed E-state index contributed by atoms with van der Waals surface area (Å²) in [6.45, 7) is 2.05. The zero-order chi connectivity index (χ0) is 19.6. The molecule has 0 bridgehead atoms. The number of nitro groups is 1. The molecule has 0 N–H and O–H groups in total. The van der Waals surface area contributed by atoms with Crippen molar-refractivity contribution < 1.29 is 9.66 Å². The average molecular weight is 385 g/mol. The fourth-order valence-electron chi connectivity index (χ4n) is 3.31. The van der Waals surface area contributed by atoms with Crippen LogP contribution in [0.4, 0.5) is 0 Å². The van der Waals surface area contributed by atoms with Crippen LogP contribution in [-0.2, 0) is 0 Å². The van der Waals surface area contributed by atoms with E-state index in [0.29, 0.717) is 0 Å². The van der Waals surface area contributed by atoms with Crippen molar-refractivity contribution >= 4 is 16.7 Å². The number of aryl methyl sites for hydroxylation is 1. The first-order chi connectivity index (χ1) is 12.9. The molecule has 27 heavy (non-hydrogen) atoms. The number of methoxy groups -OCH3 is 1. The Hall–Kier alpha value is -2.31. The molecule has 2 aromatic carbocycles. The quantitative estimate of drug-likeness (QED) is 0.565. The van der Waals surface area contributed by atoms with Crippen LogP contribution < -0.4 is 4.74 Å². The monoisotopic (exact) mass is 384 g/mol. The van der Waals surface area contributed by atoms with Gasteiger partial charge in [-0.1, -0.05) is 42.0 Å². The second-order valence-electron chi connectivity index (χ2n) is 6.94. The third-order valence-corrected chi connectivity index (χ3v) is 6.29. The Morgan fingerprint density at radius 1 is 1.07 bits per heavy atom. The first-order valence-electron chi connectivity index (χ1n) is 8.80. The van der Waals surface area contributed by atoms with E-state index in [9.17, 15) is 10.1 Å². The molecular weight excluding hydrogens is 360 g/mol. The van der Waals surface area contributed by atoms with Crippen molar-refractivity contribution in [2.24, 2.45) is 0 Å². The molecule has 2 aromatic rings. The van der Waals surface area contributed by atoms with Gasteiger partial charge in [-0.05, 0) is 50.4 Å². The van der Waals surface area contributed by atoms with Crippen LogP contribution in [0.3, 0.4) is 0 Å². The third kappa shape index (κ3) is 4.17. The Morgan fingerprint density at radius 3 is 2.22 bits per heavy atom. The van der Waals surface area contributed by atoms with E-state index in [0.717, 1.165) is 21.8 Å². The van der Waals surface area contributed by atoms with Crippen molar-refractivity contribution in [2.75, 3.05) is 21.2 Å². The zero-order valence-electron chi connectivity index (χ0n) is 16.0. The maximum Gasteiger partial charge on any atom is 0.247 e. The Kier molecular flexibility index (Phi) is 5.87. The normalized spacial score (nSPS) is 22.4. The molecular formula is C21H24N2O3S. The van der Waals surface area contributed by atoms with E-state index in [1.807, 2.05) is 49.3 Å². The second kappa shape index (κ2) is 8.15. The van der Waals surface area contributed by atoms with Gasteiger partial charge in [-0.25, -0.2) is 0 Å². The zero-order valence-corrected chi connectivity index (χ0v) is 16.8. The third-order valence-electron chi connectivity index (χ3n) is 4.86. The number of hydrogen-bond acceptors (Lipinski definition) is 5. The molecule has 0 radical (unpaired) electrons. The van der Waals surface area contributed by atoms with E-state index in [1.165, 1.54) is 5.56 Å².